The van der Waals surface area contributed by atoms with Crippen LogP contribution in [-0.4, -0.2) is 49.5 Å². The van der Waals surface area contributed by atoms with Crippen LogP contribution in [0.25, 0.3) is 10.6 Å². The van der Waals surface area contributed by atoms with Crippen molar-refractivity contribution in [2.24, 2.45) is 0 Å². The van der Waals surface area contributed by atoms with Crippen molar-refractivity contribution in [1.82, 2.24) is 25.1 Å². The average molecular weight is 408 g/mol. The molecule has 0 spiro atoms. The van der Waals surface area contributed by atoms with Crippen LogP contribution in [0.5, 0.6) is 0 Å². The van der Waals surface area contributed by atoms with Crippen LogP contribution in [0.1, 0.15) is 34.8 Å². The van der Waals surface area contributed by atoms with E-state index >= 15 is 0 Å². The number of aromatic nitrogens is 4. The van der Waals surface area contributed by atoms with Crippen molar-refractivity contribution in [2.45, 2.75) is 32.2 Å². The molecule has 1 atom stereocenters. The fraction of sp³-hybridized carbons (Fsp3) is 0.300. The number of carbonyl (C=O) groups excluding carboxylic acids is 2. The summed E-state index contributed by atoms with van der Waals surface area (Å²) in [5.74, 6) is -0.469. The highest BCUT2D eigenvalue weighted by atomic mass is 32.1. The van der Waals surface area contributed by atoms with E-state index in [0.29, 0.717) is 18.7 Å². The largest absolute Gasteiger partial charge is 0.325 e. The third-order valence-electron chi connectivity index (χ3n) is 4.75. The van der Waals surface area contributed by atoms with Gasteiger partial charge in [-0.2, -0.15) is 0 Å². The molecule has 0 radical (unpaired) electrons. The number of nitrogens with one attached hydrogen (secondary N) is 1. The Morgan fingerprint density at radius 1 is 1.21 bits per heavy atom. The molecular formula is C20H20N6O2S. The van der Waals surface area contributed by atoms with E-state index in [1.807, 2.05) is 31.2 Å². The molecule has 1 saturated heterocycles. The first kappa shape index (κ1) is 19.1. The van der Waals surface area contributed by atoms with Crippen molar-refractivity contribution in [3.05, 3.63) is 53.6 Å². The highest BCUT2D eigenvalue weighted by molar-refractivity contribution is 7.14. The Kier molecular flexibility index (Phi) is 5.57. The predicted octanol–water partition coefficient (Wildman–Crippen LogP) is 2.94. The van der Waals surface area contributed by atoms with Crippen LogP contribution in [0, 0.1) is 6.92 Å². The monoisotopic (exact) mass is 408 g/mol. The number of nitrogens with zero attached hydrogens (tertiary/aromatic N) is 5. The average Bonchev–Trinajstić information content (AvgIpc) is 3.20. The molecule has 0 unspecified atom stereocenters. The number of hydrogen-bond acceptors (Lipinski definition) is 7. The maximum Gasteiger partial charge on any atom is 0.274 e. The first-order valence-electron chi connectivity index (χ1n) is 9.40. The second-order valence-corrected chi connectivity index (χ2v) is 7.98. The van der Waals surface area contributed by atoms with Crippen molar-refractivity contribution >= 4 is 28.8 Å². The number of carbonyl (C=O) groups is 2. The lowest BCUT2D eigenvalue weighted by atomic mass is 10.0. The quantitative estimate of drug-likeness (QED) is 0.712. The molecule has 3 heterocycles. The molecule has 1 aliphatic rings. The molecule has 3 aromatic rings. The summed E-state index contributed by atoms with van der Waals surface area (Å²) in [6.07, 6.45) is 6.80. The summed E-state index contributed by atoms with van der Waals surface area (Å²) in [4.78, 5) is 35.5. The Hall–Kier alpha value is -3.20. The van der Waals surface area contributed by atoms with Crippen molar-refractivity contribution in [3.63, 3.8) is 0 Å². The van der Waals surface area contributed by atoms with Gasteiger partial charge >= 0.3 is 0 Å². The number of benzene rings is 1. The van der Waals surface area contributed by atoms with E-state index in [1.54, 1.807) is 4.90 Å². The molecule has 1 fully saturated rings. The predicted molar refractivity (Wildman–Crippen MR) is 109 cm³/mol. The Labute approximate surface area is 172 Å². The molecule has 4 rings (SSSR count). The molecular weight excluding hydrogens is 388 g/mol. The molecule has 1 aromatic carbocycles. The Balaban J connectivity index is 1.51. The normalized spacial score (nSPS) is 16.4. The molecule has 29 heavy (non-hydrogen) atoms. The number of likely N-dealkylation sites (tertiary alicyclic amines) is 1. The number of amides is 2. The number of piperidine rings is 1. The summed E-state index contributed by atoms with van der Waals surface area (Å²) in [7, 11) is 0. The van der Waals surface area contributed by atoms with Crippen molar-refractivity contribution in [1.29, 1.82) is 0 Å². The lowest BCUT2D eigenvalue weighted by molar-refractivity contribution is -0.121. The zero-order valence-corrected chi connectivity index (χ0v) is 16.7. The molecule has 148 valence electrons. The minimum Gasteiger partial charge on any atom is -0.325 e. The van der Waals surface area contributed by atoms with Crippen LogP contribution in [0.3, 0.4) is 0 Å². The summed E-state index contributed by atoms with van der Waals surface area (Å²) in [6, 6.07) is 6.96. The smallest absolute Gasteiger partial charge is 0.274 e. The Bertz CT molecular complexity index is 1020. The van der Waals surface area contributed by atoms with E-state index in [9.17, 15) is 9.59 Å². The molecule has 2 aromatic heterocycles. The van der Waals surface area contributed by atoms with E-state index in [2.05, 4.69) is 25.5 Å². The molecule has 1 aliphatic heterocycles. The van der Waals surface area contributed by atoms with E-state index < -0.39 is 6.04 Å². The van der Waals surface area contributed by atoms with Gasteiger partial charge in [0.05, 0.1) is 6.20 Å². The van der Waals surface area contributed by atoms with Gasteiger partial charge in [-0.1, -0.05) is 23.5 Å². The van der Waals surface area contributed by atoms with E-state index in [-0.39, 0.29) is 17.5 Å². The van der Waals surface area contributed by atoms with Crippen LogP contribution in [-0.2, 0) is 4.79 Å². The minimum atomic E-state index is -0.536. The van der Waals surface area contributed by atoms with Crippen molar-refractivity contribution < 1.29 is 9.59 Å². The van der Waals surface area contributed by atoms with Crippen molar-refractivity contribution in [3.8, 4) is 10.6 Å². The highest BCUT2D eigenvalue weighted by Crippen LogP contribution is 2.26. The topological polar surface area (TPSA) is 101 Å². The second-order valence-electron chi connectivity index (χ2n) is 6.80. The number of hydrogen-bond donors (Lipinski definition) is 1. The number of anilines is 1. The standard InChI is InChI=1S/C20H20N6O2S/c1-13-24-25-19(29-13)14-5-4-6-15(11-14)23-18(27)17-7-2-3-10-26(17)20(28)16-12-21-8-9-22-16/h4-6,8-9,11-12,17H,2-3,7,10H2,1H3,(H,23,27)/t17-/m0/s1. The number of rotatable bonds is 4. The molecule has 9 heteroatoms. The van der Waals surface area contributed by atoms with Gasteiger partial charge in [0.2, 0.25) is 5.91 Å². The summed E-state index contributed by atoms with van der Waals surface area (Å²) in [5, 5.41) is 12.8. The Morgan fingerprint density at radius 3 is 2.86 bits per heavy atom. The number of aryl methyl sites for hydroxylation is 1. The van der Waals surface area contributed by atoms with Crippen molar-refractivity contribution in [2.75, 3.05) is 11.9 Å². The lowest BCUT2D eigenvalue weighted by Gasteiger charge is -2.34. The third-order valence-corrected chi connectivity index (χ3v) is 5.64. The van der Waals surface area contributed by atoms with Gasteiger partial charge in [0, 0.05) is 30.2 Å². The van der Waals surface area contributed by atoms with E-state index in [4.69, 9.17) is 0 Å². The Morgan fingerprint density at radius 2 is 2.10 bits per heavy atom. The van der Waals surface area contributed by atoms with Gasteiger partial charge in [-0.3, -0.25) is 14.6 Å². The summed E-state index contributed by atoms with van der Waals surface area (Å²) < 4.78 is 0. The molecule has 1 N–H and O–H groups in total. The van der Waals surface area contributed by atoms with Crippen LogP contribution in [0.15, 0.2) is 42.9 Å². The van der Waals surface area contributed by atoms with Gasteiger partial charge in [0.1, 0.15) is 21.8 Å². The fourth-order valence-electron chi connectivity index (χ4n) is 3.37. The van der Waals surface area contributed by atoms with E-state index in [0.717, 1.165) is 28.4 Å². The highest BCUT2D eigenvalue weighted by Gasteiger charge is 2.33. The minimum absolute atomic E-state index is 0.201. The summed E-state index contributed by atoms with van der Waals surface area (Å²) in [6.45, 7) is 2.43. The van der Waals surface area contributed by atoms with Gasteiger partial charge in [0.25, 0.3) is 5.91 Å². The zero-order valence-electron chi connectivity index (χ0n) is 15.9. The summed E-state index contributed by atoms with van der Waals surface area (Å²) in [5.41, 5.74) is 1.81. The second kappa shape index (κ2) is 8.44. The SMILES string of the molecule is Cc1nnc(-c2cccc(NC(=O)[C@@H]3CCCCN3C(=O)c3cnccn3)c2)s1. The first-order chi connectivity index (χ1) is 14.1. The van der Waals surface area contributed by atoms with Crippen LogP contribution < -0.4 is 5.32 Å². The molecule has 2 amide bonds. The molecule has 0 saturated carbocycles. The maximum absolute atomic E-state index is 13.0. The summed E-state index contributed by atoms with van der Waals surface area (Å²) >= 11 is 1.50. The zero-order chi connectivity index (χ0) is 20.2. The third kappa shape index (κ3) is 4.29. The van der Waals surface area contributed by atoms with Gasteiger partial charge in [-0.25, -0.2) is 4.98 Å². The van der Waals surface area contributed by atoms with Gasteiger partial charge < -0.3 is 10.2 Å². The first-order valence-corrected chi connectivity index (χ1v) is 10.2. The lowest BCUT2D eigenvalue weighted by Crippen LogP contribution is -2.50. The van der Waals surface area contributed by atoms with E-state index in [1.165, 1.54) is 29.9 Å². The maximum atomic E-state index is 13.0. The van der Waals surface area contributed by atoms with Crippen LogP contribution in [0.2, 0.25) is 0 Å². The van der Waals surface area contributed by atoms with Gasteiger partial charge in [-0.15, -0.1) is 10.2 Å². The fourth-order valence-corrected chi connectivity index (χ4v) is 4.06. The van der Waals surface area contributed by atoms with Crippen LogP contribution >= 0.6 is 11.3 Å². The molecule has 8 nitrogen and oxygen atoms in total. The molecule has 0 bridgehead atoms. The van der Waals surface area contributed by atoms with Gasteiger partial charge in [-0.05, 0) is 38.3 Å². The van der Waals surface area contributed by atoms with Gasteiger partial charge in [0.15, 0.2) is 0 Å². The van der Waals surface area contributed by atoms with Crippen LogP contribution in [0.4, 0.5) is 5.69 Å². The molecule has 0 aliphatic carbocycles.